The molecule has 1 aliphatic rings. The average molecular weight is 220 g/mol. The number of benzene rings is 1. The summed E-state index contributed by atoms with van der Waals surface area (Å²) in [6, 6.07) is 7.77. The van der Waals surface area contributed by atoms with Crippen LogP contribution in [0.5, 0.6) is 5.75 Å². The molecule has 1 aromatic carbocycles. The fourth-order valence-electron chi connectivity index (χ4n) is 2.03. The molecule has 1 amide bonds. The number of carbonyl (C=O) groups excluding carboxylic acids is 1. The molecule has 1 fully saturated rings. The zero-order chi connectivity index (χ0) is 11.5. The van der Waals surface area contributed by atoms with Crippen LogP contribution >= 0.6 is 0 Å². The zero-order valence-electron chi connectivity index (χ0n) is 9.56. The van der Waals surface area contributed by atoms with Crippen LogP contribution in [-0.2, 0) is 4.79 Å². The van der Waals surface area contributed by atoms with Gasteiger partial charge in [-0.05, 0) is 12.6 Å². The van der Waals surface area contributed by atoms with Gasteiger partial charge in [0, 0.05) is 5.56 Å². The molecular weight excluding hydrogens is 204 g/mol. The van der Waals surface area contributed by atoms with Crippen LogP contribution < -0.4 is 10.1 Å². The second kappa shape index (κ2) is 4.53. The highest BCUT2D eigenvalue weighted by Crippen LogP contribution is 2.29. The van der Waals surface area contributed by atoms with Crippen LogP contribution in [-0.4, -0.2) is 31.0 Å². The lowest BCUT2D eigenvalue weighted by Gasteiger charge is -2.23. The Morgan fingerprint density at radius 2 is 2.25 bits per heavy atom. The fourth-order valence-corrected chi connectivity index (χ4v) is 2.03. The van der Waals surface area contributed by atoms with Gasteiger partial charge in [0.15, 0.2) is 0 Å². The zero-order valence-corrected chi connectivity index (χ0v) is 9.56. The number of hydrogen-bond donors (Lipinski definition) is 1. The molecule has 0 saturated carbocycles. The third-order valence-electron chi connectivity index (χ3n) is 2.85. The maximum Gasteiger partial charge on any atom is 0.235 e. The third-order valence-corrected chi connectivity index (χ3v) is 2.85. The topological polar surface area (TPSA) is 41.6 Å². The lowest BCUT2D eigenvalue weighted by atomic mass is 10.1. The molecule has 1 N–H and O–H groups in total. The molecule has 1 heterocycles. The molecule has 1 aliphatic heterocycles. The van der Waals surface area contributed by atoms with Crippen molar-refractivity contribution in [3.05, 3.63) is 29.8 Å². The first kappa shape index (κ1) is 11.0. The predicted molar refractivity (Wildman–Crippen MR) is 61.1 cm³/mol. The largest absolute Gasteiger partial charge is 0.496 e. The van der Waals surface area contributed by atoms with Crippen LogP contribution in [0.3, 0.4) is 0 Å². The van der Waals surface area contributed by atoms with Crippen LogP contribution in [0, 0.1) is 0 Å². The molecule has 16 heavy (non-hydrogen) atoms. The minimum Gasteiger partial charge on any atom is -0.496 e. The van der Waals surface area contributed by atoms with Gasteiger partial charge in [-0.2, -0.15) is 0 Å². The van der Waals surface area contributed by atoms with Gasteiger partial charge in [-0.25, -0.2) is 0 Å². The van der Waals surface area contributed by atoms with Crippen LogP contribution in [0.2, 0.25) is 0 Å². The van der Waals surface area contributed by atoms with E-state index in [4.69, 9.17) is 4.74 Å². The van der Waals surface area contributed by atoms with Crippen molar-refractivity contribution in [1.82, 2.24) is 10.2 Å². The Morgan fingerprint density at radius 3 is 2.94 bits per heavy atom. The van der Waals surface area contributed by atoms with E-state index in [1.54, 1.807) is 7.11 Å². The van der Waals surface area contributed by atoms with E-state index in [0.29, 0.717) is 6.54 Å². The maximum absolute atomic E-state index is 11.4. The Kier molecular flexibility index (Phi) is 3.10. The van der Waals surface area contributed by atoms with E-state index >= 15 is 0 Å². The molecule has 0 aromatic heterocycles. The minimum atomic E-state index is -0.0614. The molecule has 4 nitrogen and oxygen atoms in total. The van der Waals surface area contributed by atoms with Crippen molar-refractivity contribution in [2.75, 3.05) is 20.2 Å². The number of para-hydroxylation sites is 1. The van der Waals surface area contributed by atoms with Crippen LogP contribution in [0.15, 0.2) is 24.3 Å². The number of nitrogens with zero attached hydrogens (tertiary/aromatic N) is 1. The number of hydrogen-bond acceptors (Lipinski definition) is 3. The summed E-state index contributed by atoms with van der Waals surface area (Å²) in [6.45, 7) is 3.34. The first-order valence-electron chi connectivity index (χ1n) is 5.42. The van der Waals surface area contributed by atoms with Crippen molar-refractivity contribution in [3.63, 3.8) is 0 Å². The first-order chi connectivity index (χ1) is 7.76. The molecule has 1 atom stereocenters. The van der Waals surface area contributed by atoms with E-state index < -0.39 is 0 Å². The van der Waals surface area contributed by atoms with E-state index in [1.165, 1.54) is 0 Å². The Bertz CT molecular complexity index is 392. The number of methoxy groups -OCH3 is 1. The molecule has 0 radical (unpaired) electrons. The van der Waals surface area contributed by atoms with Gasteiger partial charge in [-0.3, -0.25) is 9.69 Å². The fraction of sp³-hybridized carbons (Fsp3) is 0.417. The van der Waals surface area contributed by atoms with E-state index in [9.17, 15) is 4.79 Å². The Balaban J connectivity index is 2.32. The number of amides is 1. The van der Waals surface area contributed by atoms with E-state index in [1.807, 2.05) is 31.2 Å². The highest BCUT2D eigenvalue weighted by atomic mass is 16.5. The molecule has 0 bridgehead atoms. The molecule has 86 valence electrons. The number of rotatable bonds is 3. The molecular formula is C12H16N2O2. The van der Waals surface area contributed by atoms with Gasteiger partial charge in [0.2, 0.25) is 5.91 Å². The summed E-state index contributed by atoms with van der Waals surface area (Å²) in [7, 11) is 1.64. The number of nitrogens with one attached hydrogen (secondary N) is 1. The second-order valence-corrected chi connectivity index (χ2v) is 3.78. The van der Waals surface area contributed by atoms with Crippen LogP contribution in [0.25, 0.3) is 0 Å². The SMILES string of the molecule is CCN1CC(=O)N[C@@H]1c1ccccc1OC. The maximum atomic E-state index is 11.4. The van der Waals surface area contributed by atoms with Gasteiger partial charge in [0.25, 0.3) is 0 Å². The summed E-state index contributed by atoms with van der Waals surface area (Å²) in [5.74, 6) is 0.880. The summed E-state index contributed by atoms with van der Waals surface area (Å²) >= 11 is 0. The van der Waals surface area contributed by atoms with Crippen molar-refractivity contribution in [2.45, 2.75) is 13.1 Å². The first-order valence-corrected chi connectivity index (χ1v) is 5.42. The van der Waals surface area contributed by atoms with Gasteiger partial charge in [-0.1, -0.05) is 25.1 Å². The average Bonchev–Trinajstić information content (AvgIpc) is 2.70. The van der Waals surface area contributed by atoms with Crippen molar-refractivity contribution >= 4 is 5.91 Å². The summed E-state index contributed by atoms with van der Waals surface area (Å²) in [5, 5.41) is 2.95. The lowest BCUT2D eigenvalue weighted by Crippen LogP contribution is -2.27. The molecule has 0 unspecified atom stereocenters. The quantitative estimate of drug-likeness (QED) is 0.830. The molecule has 0 spiro atoms. The minimum absolute atomic E-state index is 0.0614. The van der Waals surface area contributed by atoms with Gasteiger partial charge in [0.05, 0.1) is 13.7 Å². The smallest absolute Gasteiger partial charge is 0.235 e. The number of likely N-dealkylation sites (N-methyl/N-ethyl adjacent to an activating group) is 1. The summed E-state index contributed by atoms with van der Waals surface area (Å²) < 4.78 is 5.31. The monoisotopic (exact) mass is 220 g/mol. The van der Waals surface area contributed by atoms with Crippen molar-refractivity contribution in [1.29, 1.82) is 0 Å². The van der Waals surface area contributed by atoms with E-state index in [-0.39, 0.29) is 12.1 Å². The molecule has 1 aromatic rings. The third kappa shape index (κ3) is 1.88. The normalized spacial score (nSPS) is 20.9. The van der Waals surface area contributed by atoms with Crippen molar-refractivity contribution in [2.24, 2.45) is 0 Å². The predicted octanol–water partition coefficient (Wildman–Crippen LogP) is 1.15. The van der Waals surface area contributed by atoms with Gasteiger partial charge < -0.3 is 10.1 Å². The Hall–Kier alpha value is -1.55. The van der Waals surface area contributed by atoms with Crippen molar-refractivity contribution < 1.29 is 9.53 Å². The van der Waals surface area contributed by atoms with Crippen molar-refractivity contribution in [3.8, 4) is 5.75 Å². The summed E-state index contributed by atoms with van der Waals surface area (Å²) in [4.78, 5) is 13.5. The van der Waals surface area contributed by atoms with Crippen LogP contribution in [0.1, 0.15) is 18.7 Å². The highest BCUT2D eigenvalue weighted by molar-refractivity contribution is 5.80. The van der Waals surface area contributed by atoms with Gasteiger partial charge in [-0.15, -0.1) is 0 Å². The standard InChI is InChI=1S/C12H16N2O2/c1-3-14-8-11(15)13-12(14)9-6-4-5-7-10(9)16-2/h4-7,12H,3,8H2,1-2H3,(H,13,15)/t12-/m0/s1. The number of ether oxygens (including phenoxy) is 1. The molecule has 2 rings (SSSR count). The molecule has 4 heteroatoms. The van der Waals surface area contributed by atoms with E-state index in [0.717, 1.165) is 17.9 Å². The van der Waals surface area contributed by atoms with Gasteiger partial charge >= 0.3 is 0 Å². The Labute approximate surface area is 95.2 Å². The summed E-state index contributed by atoms with van der Waals surface area (Å²) in [6.07, 6.45) is -0.0614. The van der Waals surface area contributed by atoms with E-state index in [2.05, 4.69) is 10.2 Å². The second-order valence-electron chi connectivity index (χ2n) is 3.78. The van der Waals surface area contributed by atoms with Gasteiger partial charge in [0.1, 0.15) is 11.9 Å². The molecule has 1 saturated heterocycles. The Morgan fingerprint density at radius 1 is 1.50 bits per heavy atom. The highest BCUT2D eigenvalue weighted by Gasteiger charge is 2.31. The summed E-state index contributed by atoms with van der Waals surface area (Å²) in [5.41, 5.74) is 1.01. The van der Waals surface area contributed by atoms with Crippen LogP contribution in [0.4, 0.5) is 0 Å². The number of carbonyl (C=O) groups is 1. The molecule has 0 aliphatic carbocycles. The lowest BCUT2D eigenvalue weighted by molar-refractivity contribution is -0.118.